The third-order valence-corrected chi connectivity index (χ3v) is 4.31. The van der Waals surface area contributed by atoms with Gasteiger partial charge in [-0.1, -0.05) is 48.9 Å². The van der Waals surface area contributed by atoms with Gasteiger partial charge in [-0.2, -0.15) is 5.10 Å². The Labute approximate surface area is 136 Å². The van der Waals surface area contributed by atoms with Gasteiger partial charge in [-0.25, -0.2) is 0 Å². The van der Waals surface area contributed by atoms with Crippen LogP contribution in [0.1, 0.15) is 36.2 Å². The zero-order valence-corrected chi connectivity index (χ0v) is 14.0. The average Bonchev–Trinajstić information content (AvgIpc) is 2.84. The number of hydrogen-bond acceptors (Lipinski definition) is 2. The van der Waals surface area contributed by atoms with E-state index in [0.717, 1.165) is 34.9 Å². The Kier molecular flexibility index (Phi) is 6.09. The third kappa shape index (κ3) is 4.00. The molecule has 0 radical (unpaired) electrons. The van der Waals surface area contributed by atoms with Gasteiger partial charge in [0.05, 0.1) is 21.8 Å². The lowest BCUT2D eigenvalue weighted by atomic mass is 10.1. The van der Waals surface area contributed by atoms with Gasteiger partial charge in [-0.05, 0) is 18.9 Å². The number of aryl methyl sites for hydroxylation is 2. The maximum absolute atomic E-state index is 6.40. The molecule has 0 aliphatic heterocycles. The molecule has 0 fully saturated rings. The van der Waals surface area contributed by atoms with E-state index in [2.05, 4.69) is 24.3 Å². The van der Waals surface area contributed by atoms with Crippen LogP contribution in [-0.2, 0) is 19.5 Å². The first-order valence-electron chi connectivity index (χ1n) is 7.31. The molecule has 0 spiro atoms. The number of rotatable bonds is 7. The second-order valence-corrected chi connectivity index (χ2v) is 5.79. The van der Waals surface area contributed by atoms with Crippen LogP contribution in [-0.4, -0.2) is 16.3 Å². The van der Waals surface area contributed by atoms with E-state index >= 15 is 0 Å². The van der Waals surface area contributed by atoms with E-state index in [9.17, 15) is 0 Å². The Morgan fingerprint density at radius 1 is 1.24 bits per heavy atom. The van der Waals surface area contributed by atoms with E-state index in [1.807, 2.05) is 35.0 Å². The van der Waals surface area contributed by atoms with Crippen molar-refractivity contribution in [3.8, 4) is 0 Å². The van der Waals surface area contributed by atoms with Gasteiger partial charge in [0.25, 0.3) is 0 Å². The molecule has 2 rings (SSSR count). The van der Waals surface area contributed by atoms with Gasteiger partial charge < -0.3 is 5.32 Å². The Morgan fingerprint density at radius 3 is 2.57 bits per heavy atom. The smallest absolute Gasteiger partial charge is 0.0863 e. The maximum atomic E-state index is 6.40. The largest absolute Gasteiger partial charge is 0.309 e. The molecule has 2 aromatic rings. The minimum absolute atomic E-state index is 0.0476. The zero-order chi connectivity index (χ0) is 15.2. The van der Waals surface area contributed by atoms with Crippen molar-refractivity contribution < 1.29 is 0 Å². The molecule has 5 heteroatoms. The van der Waals surface area contributed by atoms with Crippen LogP contribution in [0.4, 0.5) is 0 Å². The summed E-state index contributed by atoms with van der Waals surface area (Å²) in [6, 6.07) is 10.1. The van der Waals surface area contributed by atoms with Crippen LogP contribution < -0.4 is 5.32 Å². The number of alkyl halides is 1. The van der Waals surface area contributed by atoms with Crippen molar-refractivity contribution in [1.82, 2.24) is 15.1 Å². The highest BCUT2D eigenvalue weighted by Gasteiger charge is 2.14. The van der Waals surface area contributed by atoms with Gasteiger partial charge in [0.15, 0.2) is 0 Å². The van der Waals surface area contributed by atoms with Crippen molar-refractivity contribution in [2.45, 2.75) is 38.7 Å². The Hall–Kier alpha value is -1.03. The summed E-state index contributed by atoms with van der Waals surface area (Å²) in [7, 11) is 0. The molecule has 0 saturated heterocycles. The van der Waals surface area contributed by atoms with Crippen LogP contribution in [0.2, 0.25) is 5.02 Å². The first kappa shape index (κ1) is 16.3. The predicted molar refractivity (Wildman–Crippen MR) is 89.0 cm³/mol. The van der Waals surface area contributed by atoms with Crippen LogP contribution in [0.25, 0.3) is 0 Å². The minimum Gasteiger partial charge on any atom is -0.309 e. The third-order valence-electron chi connectivity index (χ3n) is 3.47. The molecule has 0 aliphatic rings. The number of benzene rings is 1. The lowest BCUT2D eigenvalue weighted by molar-refractivity contribution is 0.575. The molecule has 1 aromatic carbocycles. The predicted octanol–water partition coefficient (Wildman–Crippen LogP) is 4.19. The summed E-state index contributed by atoms with van der Waals surface area (Å²) in [5.74, 6) is 0. The Bertz CT molecular complexity index is 566. The lowest BCUT2D eigenvalue weighted by Crippen LogP contribution is -2.21. The van der Waals surface area contributed by atoms with Gasteiger partial charge >= 0.3 is 0 Å². The van der Waals surface area contributed by atoms with E-state index in [1.54, 1.807) is 0 Å². The molecule has 0 bridgehead atoms. The summed E-state index contributed by atoms with van der Waals surface area (Å²) < 4.78 is 1.96. The molecule has 3 nitrogen and oxygen atoms in total. The highest BCUT2D eigenvalue weighted by molar-refractivity contribution is 6.31. The van der Waals surface area contributed by atoms with Crippen LogP contribution >= 0.6 is 23.2 Å². The van der Waals surface area contributed by atoms with Crippen LogP contribution in [0, 0.1) is 0 Å². The molecule has 114 valence electrons. The van der Waals surface area contributed by atoms with Gasteiger partial charge in [0.2, 0.25) is 0 Å². The van der Waals surface area contributed by atoms with Gasteiger partial charge in [-0.15, -0.1) is 11.6 Å². The fourth-order valence-electron chi connectivity index (χ4n) is 2.28. The molecule has 1 heterocycles. The summed E-state index contributed by atoms with van der Waals surface area (Å²) in [5, 5.41) is 8.62. The molecule has 0 aliphatic carbocycles. The zero-order valence-electron chi connectivity index (χ0n) is 12.4. The SMILES string of the molecule is CCc1nn(CC)c(CNCC(Cl)c2ccccc2)c1Cl. The van der Waals surface area contributed by atoms with Crippen LogP contribution in [0.15, 0.2) is 30.3 Å². The highest BCUT2D eigenvalue weighted by Crippen LogP contribution is 2.22. The van der Waals surface area contributed by atoms with Crippen molar-refractivity contribution in [3.63, 3.8) is 0 Å². The molecule has 1 atom stereocenters. The number of halogens is 2. The Morgan fingerprint density at radius 2 is 1.95 bits per heavy atom. The number of nitrogens with zero attached hydrogens (tertiary/aromatic N) is 2. The summed E-state index contributed by atoms with van der Waals surface area (Å²) in [4.78, 5) is 0. The molecule has 1 aromatic heterocycles. The molecular formula is C16H21Cl2N3. The monoisotopic (exact) mass is 325 g/mol. The highest BCUT2D eigenvalue weighted by atomic mass is 35.5. The Balaban J connectivity index is 1.96. The lowest BCUT2D eigenvalue weighted by Gasteiger charge is -2.12. The fraction of sp³-hybridized carbons (Fsp3) is 0.438. The second kappa shape index (κ2) is 7.83. The summed E-state index contributed by atoms with van der Waals surface area (Å²) >= 11 is 12.8. The molecule has 0 saturated carbocycles. The van der Waals surface area contributed by atoms with E-state index in [1.165, 1.54) is 0 Å². The normalized spacial score (nSPS) is 12.6. The summed E-state index contributed by atoms with van der Waals surface area (Å²) in [6.07, 6.45) is 0.848. The van der Waals surface area contributed by atoms with Crippen molar-refractivity contribution in [2.24, 2.45) is 0 Å². The number of nitrogens with one attached hydrogen (secondary N) is 1. The minimum atomic E-state index is -0.0476. The van der Waals surface area contributed by atoms with Crippen LogP contribution in [0.5, 0.6) is 0 Å². The second-order valence-electron chi connectivity index (χ2n) is 4.89. The van der Waals surface area contributed by atoms with Gasteiger partial charge in [-0.3, -0.25) is 4.68 Å². The fourth-order valence-corrected chi connectivity index (χ4v) is 2.87. The average molecular weight is 326 g/mol. The molecule has 1 N–H and O–H groups in total. The first-order valence-corrected chi connectivity index (χ1v) is 8.12. The van der Waals surface area contributed by atoms with Crippen LogP contribution in [0.3, 0.4) is 0 Å². The van der Waals surface area contributed by atoms with Gasteiger partial charge in [0, 0.05) is 19.6 Å². The maximum Gasteiger partial charge on any atom is 0.0863 e. The summed E-state index contributed by atoms with van der Waals surface area (Å²) in [6.45, 7) is 6.32. The molecular weight excluding hydrogens is 305 g/mol. The topological polar surface area (TPSA) is 29.9 Å². The summed E-state index contributed by atoms with van der Waals surface area (Å²) in [5.41, 5.74) is 3.12. The van der Waals surface area contributed by atoms with Gasteiger partial charge in [0.1, 0.15) is 0 Å². The van der Waals surface area contributed by atoms with Crippen molar-refractivity contribution >= 4 is 23.2 Å². The molecule has 1 unspecified atom stereocenters. The number of hydrogen-bond donors (Lipinski definition) is 1. The molecule has 21 heavy (non-hydrogen) atoms. The quantitative estimate of drug-likeness (QED) is 0.773. The van der Waals surface area contributed by atoms with E-state index in [4.69, 9.17) is 23.2 Å². The van der Waals surface area contributed by atoms with Crippen molar-refractivity contribution in [3.05, 3.63) is 52.3 Å². The standard InChI is InChI=1S/C16H21Cl2N3/c1-3-14-16(18)15(21(4-2)20-14)11-19-10-13(17)12-8-6-5-7-9-12/h5-9,13,19H,3-4,10-11H2,1-2H3. The van der Waals surface area contributed by atoms with Crippen molar-refractivity contribution in [2.75, 3.05) is 6.54 Å². The molecule has 0 amide bonds. The first-order chi connectivity index (χ1) is 10.2. The van der Waals surface area contributed by atoms with E-state index < -0.39 is 0 Å². The van der Waals surface area contributed by atoms with E-state index in [-0.39, 0.29) is 5.38 Å². The number of aromatic nitrogens is 2. The van der Waals surface area contributed by atoms with Crippen molar-refractivity contribution in [1.29, 1.82) is 0 Å². The van der Waals surface area contributed by atoms with E-state index in [0.29, 0.717) is 13.1 Å².